The second-order valence-electron chi connectivity index (χ2n) is 6.37. The Bertz CT molecular complexity index is 735. The van der Waals surface area contributed by atoms with Gasteiger partial charge in [-0.3, -0.25) is 4.79 Å². The van der Waals surface area contributed by atoms with Gasteiger partial charge in [0.15, 0.2) is 0 Å². The number of carbonyl (C=O) groups is 1. The number of aromatic nitrogens is 2. The highest BCUT2D eigenvalue weighted by Gasteiger charge is 2.25. The van der Waals surface area contributed by atoms with Crippen molar-refractivity contribution in [3.8, 4) is 5.69 Å². The predicted molar refractivity (Wildman–Crippen MR) is 95.5 cm³/mol. The van der Waals surface area contributed by atoms with Gasteiger partial charge in [0, 0.05) is 26.2 Å². The van der Waals surface area contributed by atoms with Gasteiger partial charge in [0.05, 0.1) is 23.1 Å². The molecule has 1 aromatic carbocycles. The maximum absolute atomic E-state index is 13.6. The summed E-state index contributed by atoms with van der Waals surface area (Å²) in [4.78, 5) is 17.2. The monoisotopic (exact) mass is 344 g/mol. The minimum atomic E-state index is -0.306. The molecule has 0 aliphatic carbocycles. The van der Waals surface area contributed by atoms with Crippen LogP contribution in [0, 0.1) is 5.82 Å². The number of benzene rings is 1. The number of nitrogens with zero attached hydrogens (tertiary/aromatic N) is 4. The van der Waals surface area contributed by atoms with E-state index in [1.54, 1.807) is 16.9 Å². The molecule has 3 rings (SSSR count). The first-order chi connectivity index (χ1) is 12.1. The quantitative estimate of drug-likeness (QED) is 0.837. The second kappa shape index (κ2) is 7.78. The molecule has 1 saturated heterocycles. The summed E-state index contributed by atoms with van der Waals surface area (Å²) in [7, 11) is 0. The lowest BCUT2D eigenvalue weighted by Gasteiger charge is -2.34. The van der Waals surface area contributed by atoms with Crippen molar-refractivity contribution in [1.82, 2.24) is 19.6 Å². The number of hydrogen-bond acceptors (Lipinski definition) is 3. The van der Waals surface area contributed by atoms with Gasteiger partial charge < -0.3 is 9.80 Å². The van der Waals surface area contributed by atoms with E-state index in [2.05, 4.69) is 23.8 Å². The highest BCUT2D eigenvalue weighted by molar-refractivity contribution is 5.95. The summed E-state index contributed by atoms with van der Waals surface area (Å²) in [5, 5.41) is 4.39. The Morgan fingerprint density at radius 1 is 1.20 bits per heavy atom. The Morgan fingerprint density at radius 2 is 1.96 bits per heavy atom. The molecule has 6 heteroatoms. The average molecular weight is 344 g/mol. The van der Waals surface area contributed by atoms with E-state index < -0.39 is 0 Å². The fourth-order valence-corrected chi connectivity index (χ4v) is 3.30. The third-order valence-electron chi connectivity index (χ3n) is 4.75. The Balaban J connectivity index is 1.88. The lowest BCUT2D eigenvalue weighted by molar-refractivity contribution is 0.0642. The van der Waals surface area contributed by atoms with Crippen molar-refractivity contribution in [3.63, 3.8) is 0 Å². The minimum Gasteiger partial charge on any atom is -0.336 e. The van der Waals surface area contributed by atoms with Crippen molar-refractivity contribution >= 4 is 5.91 Å². The van der Waals surface area contributed by atoms with Crippen LogP contribution >= 0.6 is 0 Å². The average Bonchev–Trinajstić information content (AvgIpc) is 3.05. The van der Waals surface area contributed by atoms with E-state index in [0.29, 0.717) is 11.3 Å². The first-order valence-corrected chi connectivity index (χ1v) is 8.98. The maximum Gasteiger partial charge on any atom is 0.257 e. The first-order valence-electron chi connectivity index (χ1n) is 8.98. The molecule has 1 amide bonds. The number of piperazine rings is 1. The van der Waals surface area contributed by atoms with E-state index >= 15 is 0 Å². The molecule has 0 N–H and O–H groups in total. The molecule has 134 valence electrons. The molecular formula is C19H25FN4O. The number of carbonyl (C=O) groups excluding carboxylic acids is 1. The standard InChI is InChI=1S/C19H25FN4O/c1-3-6-18-17(19(25)23-11-9-22(4-2)10-12-23)14-21-24(18)16-8-5-7-15(20)13-16/h5,7-8,13-14H,3-4,6,9-12H2,1-2H3. The topological polar surface area (TPSA) is 41.4 Å². The Morgan fingerprint density at radius 3 is 2.60 bits per heavy atom. The van der Waals surface area contributed by atoms with Crippen LogP contribution in [0.3, 0.4) is 0 Å². The lowest BCUT2D eigenvalue weighted by Crippen LogP contribution is -2.48. The molecule has 2 aromatic rings. The van der Waals surface area contributed by atoms with Crippen molar-refractivity contribution in [2.75, 3.05) is 32.7 Å². The molecule has 1 aliphatic rings. The predicted octanol–water partition coefficient (Wildman–Crippen LogP) is 2.74. The zero-order valence-corrected chi connectivity index (χ0v) is 14.9. The third-order valence-corrected chi connectivity index (χ3v) is 4.75. The number of rotatable bonds is 5. The fraction of sp³-hybridized carbons (Fsp3) is 0.474. The summed E-state index contributed by atoms with van der Waals surface area (Å²) in [5.41, 5.74) is 2.14. The van der Waals surface area contributed by atoms with Crippen LogP contribution in [0.25, 0.3) is 5.69 Å². The fourth-order valence-electron chi connectivity index (χ4n) is 3.30. The van der Waals surface area contributed by atoms with Crippen LogP contribution in [-0.4, -0.2) is 58.2 Å². The smallest absolute Gasteiger partial charge is 0.257 e. The van der Waals surface area contributed by atoms with E-state index in [1.807, 2.05) is 11.0 Å². The summed E-state index contributed by atoms with van der Waals surface area (Å²) in [6.07, 6.45) is 3.25. The molecule has 25 heavy (non-hydrogen) atoms. The van der Waals surface area contributed by atoms with Crippen LogP contribution in [0.5, 0.6) is 0 Å². The molecule has 0 atom stereocenters. The van der Waals surface area contributed by atoms with Crippen molar-refractivity contribution in [2.24, 2.45) is 0 Å². The Hall–Kier alpha value is -2.21. The summed E-state index contributed by atoms with van der Waals surface area (Å²) >= 11 is 0. The van der Waals surface area contributed by atoms with Crippen molar-refractivity contribution in [1.29, 1.82) is 0 Å². The Labute approximate surface area is 148 Å². The molecule has 1 aliphatic heterocycles. The van der Waals surface area contributed by atoms with Crippen LogP contribution in [0.15, 0.2) is 30.5 Å². The number of amides is 1. The molecule has 0 saturated carbocycles. The highest BCUT2D eigenvalue weighted by atomic mass is 19.1. The number of hydrogen-bond donors (Lipinski definition) is 0. The SMILES string of the molecule is CCCc1c(C(=O)N2CCN(CC)CC2)cnn1-c1cccc(F)c1. The highest BCUT2D eigenvalue weighted by Crippen LogP contribution is 2.20. The zero-order valence-electron chi connectivity index (χ0n) is 14.9. The van der Waals surface area contributed by atoms with Gasteiger partial charge in [-0.15, -0.1) is 0 Å². The van der Waals surface area contributed by atoms with E-state index in [9.17, 15) is 9.18 Å². The lowest BCUT2D eigenvalue weighted by atomic mass is 10.1. The van der Waals surface area contributed by atoms with Gasteiger partial charge in [0.25, 0.3) is 5.91 Å². The van der Waals surface area contributed by atoms with Gasteiger partial charge in [-0.1, -0.05) is 26.3 Å². The molecule has 2 heterocycles. The third kappa shape index (κ3) is 3.74. The first kappa shape index (κ1) is 17.6. The summed E-state index contributed by atoms with van der Waals surface area (Å²) < 4.78 is 15.3. The van der Waals surface area contributed by atoms with Crippen LogP contribution in [0.2, 0.25) is 0 Å². The van der Waals surface area contributed by atoms with Crippen LogP contribution in [-0.2, 0) is 6.42 Å². The summed E-state index contributed by atoms with van der Waals surface area (Å²) in [5.74, 6) is -0.277. The summed E-state index contributed by atoms with van der Waals surface area (Å²) in [6, 6.07) is 6.32. The van der Waals surface area contributed by atoms with Crippen molar-refractivity contribution in [3.05, 3.63) is 47.5 Å². The van der Waals surface area contributed by atoms with Crippen LogP contribution in [0.1, 0.15) is 36.3 Å². The van der Waals surface area contributed by atoms with E-state index in [-0.39, 0.29) is 11.7 Å². The van der Waals surface area contributed by atoms with Gasteiger partial charge in [0.1, 0.15) is 5.82 Å². The molecule has 0 bridgehead atoms. The van der Waals surface area contributed by atoms with E-state index in [4.69, 9.17) is 0 Å². The molecule has 0 spiro atoms. The molecule has 0 unspecified atom stereocenters. The normalized spacial score (nSPS) is 15.6. The number of likely N-dealkylation sites (N-methyl/N-ethyl adjacent to an activating group) is 1. The second-order valence-corrected chi connectivity index (χ2v) is 6.37. The zero-order chi connectivity index (χ0) is 17.8. The van der Waals surface area contributed by atoms with Gasteiger partial charge in [0.2, 0.25) is 0 Å². The molecular weight excluding hydrogens is 319 g/mol. The maximum atomic E-state index is 13.6. The molecule has 1 fully saturated rings. The van der Waals surface area contributed by atoms with Gasteiger partial charge >= 0.3 is 0 Å². The van der Waals surface area contributed by atoms with Gasteiger partial charge in [-0.05, 0) is 31.2 Å². The van der Waals surface area contributed by atoms with Crippen LogP contribution in [0.4, 0.5) is 4.39 Å². The molecule has 1 aromatic heterocycles. The van der Waals surface area contributed by atoms with Crippen LogP contribution < -0.4 is 0 Å². The minimum absolute atomic E-state index is 0.0295. The van der Waals surface area contributed by atoms with E-state index in [0.717, 1.165) is 51.3 Å². The Kier molecular flexibility index (Phi) is 5.48. The van der Waals surface area contributed by atoms with Crippen molar-refractivity contribution in [2.45, 2.75) is 26.7 Å². The largest absolute Gasteiger partial charge is 0.336 e. The molecule has 0 radical (unpaired) electrons. The van der Waals surface area contributed by atoms with E-state index in [1.165, 1.54) is 12.1 Å². The summed E-state index contributed by atoms with van der Waals surface area (Å²) in [6.45, 7) is 8.51. The molecule has 5 nitrogen and oxygen atoms in total. The van der Waals surface area contributed by atoms with Gasteiger partial charge in [-0.25, -0.2) is 9.07 Å². The van der Waals surface area contributed by atoms with Crippen molar-refractivity contribution < 1.29 is 9.18 Å². The number of halogens is 1. The van der Waals surface area contributed by atoms with Gasteiger partial charge in [-0.2, -0.15) is 5.10 Å².